The van der Waals surface area contributed by atoms with Crippen molar-refractivity contribution in [1.29, 1.82) is 0 Å². The largest absolute Gasteiger partial charge is 0.497 e. The molecule has 0 bridgehead atoms. The van der Waals surface area contributed by atoms with Crippen LogP contribution in [0, 0.1) is 0 Å². The smallest absolute Gasteiger partial charge is 0.210 e. The summed E-state index contributed by atoms with van der Waals surface area (Å²) in [5.41, 5.74) is 0.931. The number of methoxy groups -OCH3 is 1. The molecule has 1 aromatic carbocycles. The van der Waals surface area contributed by atoms with Gasteiger partial charge in [0.15, 0.2) is 4.34 Å². The molecule has 1 aliphatic carbocycles. The molecule has 0 radical (unpaired) electrons. The molecule has 5 nitrogen and oxygen atoms in total. The van der Waals surface area contributed by atoms with Crippen LogP contribution in [0.3, 0.4) is 0 Å². The molecule has 21 heavy (non-hydrogen) atoms. The third kappa shape index (κ3) is 3.54. The molecule has 3 rings (SSSR count). The number of Topliss-reactive ketones (excluding diaryl/α,β-unsaturated/α-hetero) is 1. The summed E-state index contributed by atoms with van der Waals surface area (Å²) in [6, 6.07) is 7.62. The van der Waals surface area contributed by atoms with Gasteiger partial charge >= 0.3 is 0 Å². The van der Waals surface area contributed by atoms with Crippen LogP contribution >= 0.6 is 23.1 Å². The van der Waals surface area contributed by atoms with Crippen LogP contribution in [-0.2, 0) is 4.79 Å². The predicted octanol–water partition coefficient (Wildman–Crippen LogP) is 3.50. The van der Waals surface area contributed by atoms with Gasteiger partial charge in [-0.3, -0.25) is 4.79 Å². The Balaban J connectivity index is 1.62. The molecule has 7 heteroatoms. The first-order valence-corrected chi connectivity index (χ1v) is 8.38. The van der Waals surface area contributed by atoms with Gasteiger partial charge in [-0.25, -0.2) is 0 Å². The third-order valence-electron chi connectivity index (χ3n) is 3.24. The maximum Gasteiger partial charge on any atom is 0.210 e. The third-order valence-corrected chi connectivity index (χ3v) is 5.48. The average molecular weight is 321 g/mol. The van der Waals surface area contributed by atoms with E-state index >= 15 is 0 Å². The molecular weight excluding hydrogens is 306 g/mol. The second-order valence-corrected chi connectivity index (χ2v) is 7.12. The Labute approximate surface area is 131 Å². The maximum absolute atomic E-state index is 11.6. The van der Waals surface area contributed by atoms with Crippen molar-refractivity contribution < 1.29 is 9.53 Å². The van der Waals surface area contributed by atoms with E-state index in [2.05, 4.69) is 15.5 Å². The van der Waals surface area contributed by atoms with Crippen LogP contribution in [0.25, 0.3) is 0 Å². The standard InChI is InChI=1S/C14H15N3O2S2/c1-19-10-7-5-9(6-8-10)15-13-16-17-14(21-13)20-12-4-2-3-11(12)18/h5-8,12H,2-4H2,1H3,(H,15,16)/t12-/m0/s1. The van der Waals surface area contributed by atoms with E-state index in [1.54, 1.807) is 7.11 Å². The van der Waals surface area contributed by atoms with E-state index in [1.165, 1.54) is 23.1 Å². The van der Waals surface area contributed by atoms with Gasteiger partial charge in [0.1, 0.15) is 11.5 Å². The second-order valence-electron chi connectivity index (χ2n) is 4.69. The Hall–Kier alpha value is -1.60. The highest BCUT2D eigenvalue weighted by Crippen LogP contribution is 2.35. The minimum absolute atomic E-state index is 0.0618. The van der Waals surface area contributed by atoms with Crippen molar-refractivity contribution in [2.75, 3.05) is 12.4 Å². The maximum atomic E-state index is 11.6. The average Bonchev–Trinajstić information content (AvgIpc) is 3.10. The van der Waals surface area contributed by atoms with Crippen LogP contribution in [0.2, 0.25) is 0 Å². The fraction of sp³-hybridized carbons (Fsp3) is 0.357. The summed E-state index contributed by atoms with van der Waals surface area (Å²) in [5.74, 6) is 1.15. The van der Waals surface area contributed by atoms with Crippen LogP contribution in [0.5, 0.6) is 5.75 Å². The Morgan fingerprint density at radius 3 is 2.81 bits per heavy atom. The summed E-state index contributed by atoms with van der Waals surface area (Å²) in [4.78, 5) is 11.6. The van der Waals surface area contributed by atoms with Crippen molar-refractivity contribution in [2.24, 2.45) is 0 Å². The van der Waals surface area contributed by atoms with Gasteiger partial charge in [-0.15, -0.1) is 10.2 Å². The number of hydrogen-bond acceptors (Lipinski definition) is 7. The van der Waals surface area contributed by atoms with E-state index in [4.69, 9.17) is 4.74 Å². The molecule has 2 aromatic rings. The molecule has 1 aromatic heterocycles. The SMILES string of the molecule is COc1ccc(Nc2nnc(S[C@H]3CCCC3=O)s2)cc1. The summed E-state index contributed by atoms with van der Waals surface area (Å²) < 4.78 is 5.96. The molecule has 0 amide bonds. The number of ketones is 1. The molecule has 0 aliphatic heterocycles. The number of carbonyl (C=O) groups excluding carboxylic acids is 1. The van der Waals surface area contributed by atoms with Gasteiger partial charge in [-0.2, -0.15) is 0 Å². The van der Waals surface area contributed by atoms with Gasteiger partial charge in [0.25, 0.3) is 0 Å². The van der Waals surface area contributed by atoms with Crippen molar-refractivity contribution >= 4 is 39.7 Å². The molecule has 0 saturated heterocycles. The Morgan fingerprint density at radius 2 is 2.14 bits per heavy atom. The molecule has 1 atom stereocenters. The number of aromatic nitrogens is 2. The zero-order valence-corrected chi connectivity index (χ0v) is 13.2. The lowest BCUT2D eigenvalue weighted by molar-refractivity contribution is -0.116. The van der Waals surface area contributed by atoms with Crippen LogP contribution in [0.1, 0.15) is 19.3 Å². The highest BCUT2D eigenvalue weighted by atomic mass is 32.2. The number of benzene rings is 1. The molecular formula is C14H15N3O2S2. The van der Waals surface area contributed by atoms with Crippen LogP contribution in [0.4, 0.5) is 10.8 Å². The van der Waals surface area contributed by atoms with Crippen LogP contribution in [-0.4, -0.2) is 28.3 Å². The number of nitrogens with one attached hydrogen (secondary N) is 1. The molecule has 1 N–H and O–H groups in total. The lowest BCUT2D eigenvalue weighted by atomic mass is 10.3. The quantitative estimate of drug-likeness (QED) is 0.909. The van der Waals surface area contributed by atoms with Gasteiger partial charge in [0, 0.05) is 12.1 Å². The summed E-state index contributed by atoms with van der Waals surface area (Å²) in [6.07, 6.45) is 2.64. The van der Waals surface area contributed by atoms with Crippen molar-refractivity contribution in [3.05, 3.63) is 24.3 Å². The number of anilines is 2. The molecule has 0 unspecified atom stereocenters. The van der Waals surface area contributed by atoms with Crippen molar-refractivity contribution in [3.63, 3.8) is 0 Å². The van der Waals surface area contributed by atoms with Crippen molar-refractivity contribution in [3.8, 4) is 5.75 Å². The summed E-state index contributed by atoms with van der Waals surface area (Å²) >= 11 is 3.00. The van der Waals surface area contributed by atoms with E-state index in [1.807, 2.05) is 24.3 Å². The minimum Gasteiger partial charge on any atom is -0.497 e. The number of nitrogens with zero attached hydrogens (tertiary/aromatic N) is 2. The van der Waals surface area contributed by atoms with E-state index < -0.39 is 0 Å². The minimum atomic E-state index is 0.0618. The molecule has 0 spiro atoms. The number of thioether (sulfide) groups is 1. The Kier molecular flexibility index (Phi) is 4.40. The summed E-state index contributed by atoms with van der Waals surface area (Å²) in [5, 5.41) is 12.2. The Bertz CT molecular complexity index is 627. The predicted molar refractivity (Wildman–Crippen MR) is 84.7 cm³/mol. The number of ether oxygens (including phenoxy) is 1. The van der Waals surface area contributed by atoms with Gasteiger partial charge in [-0.05, 0) is 37.1 Å². The molecule has 110 valence electrons. The second kappa shape index (κ2) is 6.44. The monoisotopic (exact) mass is 321 g/mol. The summed E-state index contributed by atoms with van der Waals surface area (Å²) in [7, 11) is 1.64. The van der Waals surface area contributed by atoms with Gasteiger partial charge in [0.05, 0.1) is 12.4 Å². The Morgan fingerprint density at radius 1 is 1.33 bits per heavy atom. The van der Waals surface area contributed by atoms with E-state index in [0.29, 0.717) is 12.2 Å². The first-order chi connectivity index (χ1) is 10.2. The molecule has 1 fully saturated rings. The van der Waals surface area contributed by atoms with Crippen LogP contribution < -0.4 is 10.1 Å². The van der Waals surface area contributed by atoms with E-state index in [0.717, 1.165) is 33.7 Å². The number of hydrogen-bond donors (Lipinski definition) is 1. The van der Waals surface area contributed by atoms with Crippen LogP contribution in [0.15, 0.2) is 28.6 Å². The first-order valence-electron chi connectivity index (χ1n) is 6.68. The highest BCUT2D eigenvalue weighted by Gasteiger charge is 2.26. The van der Waals surface area contributed by atoms with Crippen molar-refractivity contribution in [2.45, 2.75) is 28.9 Å². The highest BCUT2D eigenvalue weighted by molar-refractivity contribution is 8.02. The van der Waals surface area contributed by atoms with E-state index in [-0.39, 0.29) is 5.25 Å². The van der Waals surface area contributed by atoms with E-state index in [9.17, 15) is 4.79 Å². The van der Waals surface area contributed by atoms with Gasteiger partial charge in [-0.1, -0.05) is 23.1 Å². The fourth-order valence-electron chi connectivity index (χ4n) is 2.14. The molecule has 1 saturated carbocycles. The summed E-state index contributed by atoms with van der Waals surface area (Å²) in [6.45, 7) is 0. The number of rotatable bonds is 5. The molecule has 1 aliphatic rings. The topological polar surface area (TPSA) is 64.1 Å². The zero-order chi connectivity index (χ0) is 14.7. The lowest BCUT2D eigenvalue weighted by Gasteiger charge is -2.03. The number of carbonyl (C=O) groups is 1. The lowest BCUT2D eigenvalue weighted by Crippen LogP contribution is -2.07. The molecule has 1 heterocycles. The van der Waals surface area contributed by atoms with Crippen molar-refractivity contribution in [1.82, 2.24) is 10.2 Å². The first kappa shape index (κ1) is 14.3. The van der Waals surface area contributed by atoms with Gasteiger partial charge in [0.2, 0.25) is 5.13 Å². The normalized spacial score (nSPS) is 18.0. The van der Waals surface area contributed by atoms with Gasteiger partial charge < -0.3 is 10.1 Å². The zero-order valence-electron chi connectivity index (χ0n) is 11.5. The fourth-order valence-corrected chi connectivity index (χ4v) is 4.28.